The van der Waals surface area contributed by atoms with Crippen molar-refractivity contribution in [2.24, 2.45) is 0 Å². The SMILES string of the molecule is CCOCC(=O)N1CCC(n2c(-c3ccco3)nc3cccnc32)C1. The molecular formula is C18H20N4O3. The second-order valence-corrected chi connectivity index (χ2v) is 6.05. The number of furan rings is 1. The molecule has 25 heavy (non-hydrogen) atoms. The van der Waals surface area contributed by atoms with Crippen molar-refractivity contribution in [2.75, 3.05) is 26.3 Å². The average Bonchev–Trinajstić information content (AvgIpc) is 3.37. The van der Waals surface area contributed by atoms with Crippen molar-refractivity contribution in [1.82, 2.24) is 19.4 Å². The fourth-order valence-corrected chi connectivity index (χ4v) is 3.31. The second-order valence-electron chi connectivity index (χ2n) is 6.05. The van der Waals surface area contributed by atoms with Gasteiger partial charge in [0, 0.05) is 25.9 Å². The third-order valence-corrected chi connectivity index (χ3v) is 4.50. The Morgan fingerprint density at radius 2 is 2.32 bits per heavy atom. The van der Waals surface area contributed by atoms with Gasteiger partial charge in [0.15, 0.2) is 17.2 Å². The largest absolute Gasteiger partial charge is 0.461 e. The molecule has 1 saturated heterocycles. The molecule has 0 spiro atoms. The first-order chi connectivity index (χ1) is 12.3. The molecule has 1 aliphatic rings. The maximum Gasteiger partial charge on any atom is 0.248 e. The van der Waals surface area contributed by atoms with Gasteiger partial charge in [-0.15, -0.1) is 0 Å². The van der Waals surface area contributed by atoms with E-state index in [0.29, 0.717) is 25.5 Å². The van der Waals surface area contributed by atoms with E-state index >= 15 is 0 Å². The minimum atomic E-state index is 0.0290. The normalized spacial score (nSPS) is 17.5. The lowest BCUT2D eigenvalue weighted by atomic mass is 10.2. The number of amides is 1. The number of carbonyl (C=O) groups is 1. The summed E-state index contributed by atoms with van der Waals surface area (Å²) in [4.78, 5) is 23.3. The van der Waals surface area contributed by atoms with Crippen LogP contribution in [0.1, 0.15) is 19.4 Å². The maximum absolute atomic E-state index is 12.2. The Morgan fingerprint density at radius 3 is 3.12 bits per heavy atom. The monoisotopic (exact) mass is 340 g/mol. The van der Waals surface area contributed by atoms with Gasteiger partial charge in [-0.25, -0.2) is 9.97 Å². The number of likely N-dealkylation sites (tertiary alicyclic amines) is 1. The highest BCUT2D eigenvalue weighted by Crippen LogP contribution is 2.32. The molecule has 1 aliphatic heterocycles. The van der Waals surface area contributed by atoms with Crippen LogP contribution >= 0.6 is 0 Å². The summed E-state index contributed by atoms with van der Waals surface area (Å²) >= 11 is 0. The molecule has 0 aromatic carbocycles. The molecule has 4 rings (SSSR count). The number of fused-ring (bicyclic) bond motifs is 1. The maximum atomic E-state index is 12.2. The van der Waals surface area contributed by atoms with Gasteiger partial charge in [0.05, 0.1) is 12.3 Å². The van der Waals surface area contributed by atoms with Crippen LogP contribution in [0.4, 0.5) is 0 Å². The van der Waals surface area contributed by atoms with Gasteiger partial charge in [0.2, 0.25) is 5.91 Å². The van der Waals surface area contributed by atoms with Crippen molar-refractivity contribution < 1.29 is 13.9 Å². The molecule has 4 heterocycles. The highest BCUT2D eigenvalue weighted by molar-refractivity contribution is 5.78. The molecule has 7 nitrogen and oxygen atoms in total. The number of pyridine rings is 1. The quantitative estimate of drug-likeness (QED) is 0.713. The van der Waals surface area contributed by atoms with Crippen LogP contribution < -0.4 is 0 Å². The summed E-state index contributed by atoms with van der Waals surface area (Å²) < 4.78 is 12.9. The number of carbonyl (C=O) groups excluding carboxylic acids is 1. The molecule has 3 aromatic rings. The lowest BCUT2D eigenvalue weighted by molar-refractivity contribution is -0.135. The van der Waals surface area contributed by atoms with Gasteiger partial charge in [0.1, 0.15) is 12.1 Å². The van der Waals surface area contributed by atoms with E-state index < -0.39 is 0 Å². The molecule has 0 N–H and O–H groups in total. The Labute approximate surface area is 145 Å². The summed E-state index contributed by atoms with van der Waals surface area (Å²) in [7, 11) is 0. The van der Waals surface area contributed by atoms with Crippen LogP contribution in [0.3, 0.4) is 0 Å². The molecule has 1 amide bonds. The van der Waals surface area contributed by atoms with Crippen molar-refractivity contribution >= 4 is 17.1 Å². The highest BCUT2D eigenvalue weighted by atomic mass is 16.5. The van der Waals surface area contributed by atoms with Gasteiger partial charge >= 0.3 is 0 Å². The first kappa shape index (κ1) is 15.8. The fourth-order valence-electron chi connectivity index (χ4n) is 3.31. The lowest BCUT2D eigenvalue weighted by Gasteiger charge is -2.18. The van der Waals surface area contributed by atoms with Crippen molar-refractivity contribution in [3.05, 3.63) is 36.7 Å². The fraction of sp³-hybridized carbons (Fsp3) is 0.389. The highest BCUT2D eigenvalue weighted by Gasteiger charge is 2.31. The number of hydrogen-bond acceptors (Lipinski definition) is 5. The number of hydrogen-bond donors (Lipinski definition) is 0. The summed E-state index contributed by atoms with van der Waals surface area (Å²) in [6, 6.07) is 7.67. The van der Waals surface area contributed by atoms with Gasteiger partial charge in [-0.1, -0.05) is 0 Å². The molecule has 7 heteroatoms. The van der Waals surface area contributed by atoms with Gasteiger partial charge < -0.3 is 18.6 Å². The Balaban J connectivity index is 1.67. The van der Waals surface area contributed by atoms with E-state index in [1.54, 1.807) is 12.5 Å². The summed E-state index contributed by atoms with van der Waals surface area (Å²) in [5.41, 5.74) is 1.64. The van der Waals surface area contributed by atoms with Crippen molar-refractivity contribution in [1.29, 1.82) is 0 Å². The summed E-state index contributed by atoms with van der Waals surface area (Å²) in [5.74, 6) is 1.49. The molecule has 0 bridgehead atoms. The van der Waals surface area contributed by atoms with E-state index in [0.717, 1.165) is 23.4 Å². The van der Waals surface area contributed by atoms with E-state index in [-0.39, 0.29) is 18.6 Å². The van der Waals surface area contributed by atoms with E-state index in [9.17, 15) is 4.79 Å². The van der Waals surface area contributed by atoms with Gasteiger partial charge in [0.25, 0.3) is 0 Å². The van der Waals surface area contributed by atoms with E-state index in [1.807, 2.05) is 36.1 Å². The molecule has 0 radical (unpaired) electrons. The topological polar surface area (TPSA) is 73.4 Å². The number of imidazole rings is 1. The standard InChI is InChI=1S/C18H20N4O3/c1-2-24-12-16(23)21-9-7-13(11-21)22-17-14(5-3-8-19-17)20-18(22)15-6-4-10-25-15/h3-6,8,10,13H,2,7,9,11-12H2,1H3. The Morgan fingerprint density at radius 1 is 1.40 bits per heavy atom. The zero-order valence-electron chi connectivity index (χ0n) is 14.1. The van der Waals surface area contributed by atoms with Gasteiger partial charge in [-0.2, -0.15) is 0 Å². The number of aromatic nitrogens is 3. The van der Waals surface area contributed by atoms with Gasteiger partial charge in [-0.05, 0) is 37.6 Å². The second kappa shape index (κ2) is 6.68. The van der Waals surface area contributed by atoms with Crippen LogP contribution in [0.2, 0.25) is 0 Å². The summed E-state index contributed by atoms with van der Waals surface area (Å²) in [6.45, 7) is 3.90. The summed E-state index contributed by atoms with van der Waals surface area (Å²) in [5, 5.41) is 0. The predicted octanol–water partition coefficient (Wildman–Crippen LogP) is 2.50. The lowest BCUT2D eigenvalue weighted by Crippen LogP contribution is -2.32. The number of nitrogens with zero attached hydrogens (tertiary/aromatic N) is 4. The van der Waals surface area contributed by atoms with E-state index in [1.165, 1.54) is 0 Å². The molecular weight excluding hydrogens is 320 g/mol. The van der Waals surface area contributed by atoms with Crippen molar-refractivity contribution in [3.8, 4) is 11.6 Å². The third-order valence-electron chi connectivity index (χ3n) is 4.50. The number of rotatable bonds is 5. The van der Waals surface area contributed by atoms with Gasteiger partial charge in [-0.3, -0.25) is 4.79 Å². The predicted molar refractivity (Wildman–Crippen MR) is 92.0 cm³/mol. The molecule has 1 fully saturated rings. The van der Waals surface area contributed by atoms with Crippen LogP contribution in [0, 0.1) is 0 Å². The molecule has 1 atom stereocenters. The summed E-state index contributed by atoms with van der Waals surface area (Å²) in [6.07, 6.45) is 4.26. The Hall–Kier alpha value is -2.67. The number of ether oxygens (including phenoxy) is 1. The minimum Gasteiger partial charge on any atom is -0.461 e. The zero-order chi connectivity index (χ0) is 17.2. The van der Waals surface area contributed by atoms with E-state index in [2.05, 4.69) is 9.55 Å². The van der Waals surface area contributed by atoms with Crippen LogP contribution in [0.25, 0.3) is 22.7 Å². The minimum absolute atomic E-state index is 0.0290. The Kier molecular flexibility index (Phi) is 4.23. The first-order valence-electron chi connectivity index (χ1n) is 8.50. The van der Waals surface area contributed by atoms with Crippen molar-refractivity contribution in [2.45, 2.75) is 19.4 Å². The average molecular weight is 340 g/mol. The molecule has 130 valence electrons. The smallest absolute Gasteiger partial charge is 0.248 e. The van der Waals surface area contributed by atoms with Crippen LogP contribution in [-0.2, 0) is 9.53 Å². The zero-order valence-corrected chi connectivity index (χ0v) is 14.1. The van der Waals surface area contributed by atoms with Crippen LogP contribution in [0.15, 0.2) is 41.1 Å². The Bertz CT molecular complexity index is 872. The first-order valence-corrected chi connectivity index (χ1v) is 8.50. The molecule has 0 saturated carbocycles. The molecule has 1 unspecified atom stereocenters. The van der Waals surface area contributed by atoms with E-state index in [4.69, 9.17) is 14.1 Å². The van der Waals surface area contributed by atoms with Crippen LogP contribution in [0.5, 0.6) is 0 Å². The third kappa shape index (κ3) is 2.91. The van der Waals surface area contributed by atoms with Crippen LogP contribution in [-0.4, -0.2) is 51.6 Å². The molecule has 3 aromatic heterocycles. The van der Waals surface area contributed by atoms with Crippen molar-refractivity contribution in [3.63, 3.8) is 0 Å². The molecule has 0 aliphatic carbocycles.